The topological polar surface area (TPSA) is 0 Å². The Labute approximate surface area is 135 Å². The predicted octanol–water partition coefficient (Wildman–Crippen LogP) is 6.36. The molecule has 0 aromatic heterocycles. The minimum atomic E-state index is -0.512. The molecule has 0 aliphatic heterocycles. The van der Waals surface area contributed by atoms with E-state index in [1.807, 2.05) is 0 Å². The highest BCUT2D eigenvalue weighted by Gasteiger charge is 2.37. The van der Waals surface area contributed by atoms with E-state index in [9.17, 15) is 4.39 Å². The average Bonchev–Trinajstić information content (AvgIpc) is 2.48. The van der Waals surface area contributed by atoms with Crippen LogP contribution in [0.15, 0.2) is 0 Å². The van der Waals surface area contributed by atoms with Crippen LogP contribution in [0.25, 0.3) is 0 Å². The zero-order valence-electron chi connectivity index (χ0n) is 13.6. The fraction of sp³-hybridized carbons (Fsp3) is 1.00. The van der Waals surface area contributed by atoms with E-state index in [-0.39, 0.29) is 0 Å². The van der Waals surface area contributed by atoms with E-state index in [4.69, 9.17) is 11.6 Å². The molecule has 3 fully saturated rings. The lowest BCUT2D eigenvalue weighted by Gasteiger charge is -2.41. The van der Waals surface area contributed by atoms with Gasteiger partial charge in [0.1, 0.15) is 6.17 Å². The SMILES string of the molecule is CC1CCC(C2CCC(C3CCC(Cl)CC3)CC2)C(F)C1. The summed E-state index contributed by atoms with van der Waals surface area (Å²) < 4.78 is 14.4. The van der Waals surface area contributed by atoms with Gasteiger partial charge in [-0.1, -0.05) is 13.3 Å². The van der Waals surface area contributed by atoms with E-state index in [1.54, 1.807) is 0 Å². The summed E-state index contributed by atoms with van der Waals surface area (Å²) in [5, 5.41) is 0.439. The minimum absolute atomic E-state index is 0.390. The first-order valence-corrected chi connectivity index (χ1v) is 9.85. The maximum Gasteiger partial charge on any atom is 0.103 e. The molecule has 3 rings (SSSR count). The second-order valence-electron chi connectivity index (χ2n) is 8.28. The fourth-order valence-electron chi connectivity index (χ4n) is 5.46. The number of alkyl halides is 2. The summed E-state index contributed by atoms with van der Waals surface area (Å²) in [4.78, 5) is 0. The summed E-state index contributed by atoms with van der Waals surface area (Å²) in [6.07, 6.45) is 13.2. The molecule has 0 bridgehead atoms. The van der Waals surface area contributed by atoms with Gasteiger partial charge in [0, 0.05) is 5.38 Å². The second kappa shape index (κ2) is 7.20. The van der Waals surface area contributed by atoms with E-state index in [0.717, 1.165) is 24.7 Å². The van der Waals surface area contributed by atoms with Crippen molar-refractivity contribution in [3.8, 4) is 0 Å². The van der Waals surface area contributed by atoms with Crippen LogP contribution in [0.4, 0.5) is 4.39 Å². The van der Waals surface area contributed by atoms with Crippen LogP contribution in [-0.2, 0) is 0 Å². The Balaban J connectivity index is 1.46. The molecular formula is C19H32ClF. The van der Waals surface area contributed by atoms with Crippen LogP contribution in [0.3, 0.4) is 0 Å². The van der Waals surface area contributed by atoms with Gasteiger partial charge in [0.15, 0.2) is 0 Å². The summed E-state index contributed by atoms with van der Waals surface area (Å²) >= 11 is 6.23. The van der Waals surface area contributed by atoms with Gasteiger partial charge < -0.3 is 0 Å². The number of hydrogen-bond acceptors (Lipinski definition) is 0. The van der Waals surface area contributed by atoms with E-state index < -0.39 is 6.17 Å². The highest BCUT2D eigenvalue weighted by Crippen LogP contribution is 2.46. The van der Waals surface area contributed by atoms with Crippen molar-refractivity contribution in [3.05, 3.63) is 0 Å². The van der Waals surface area contributed by atoms with Gasteiger partial charge in [-0.05, 0) is 93.8 Å². The average molecular weight is 315 g/mol. The molecule has 3 aliphatic rings. The predicted molar refractivity (Wildman–Crippen MR) is 88.4 cm³/mol. The molecule has 0 aromatic rings. The Kier molecular flexibility index (Phi) is 5.51. The van der Waals surface area contributed by atoms with Crippen LogP contribution in [-0.4, -0.2) is 11.5 Å². The number of halogens is 2. The molecule has 0 aromatic carbocycles. The molecule has 0 spiro atoms. The molecule has 3 saturated carbocycles. The fourth-order valence-corrected chi connectivity index (χ4v) is 5.71. The number of rotatable bonds is 2. The molecule has 3 atom stereocenters. The summed E-state index contributed by atoms with van der Waals surface area (Å²) in [6, 6.07) is 0. The molecule has 0 radical (unpaired) electrons. The second-order valence-corrected chi connectivity index (χ2v) is 8.90. The third-order valence-corrected chi connectivity index (χ3v) is 7.31. The van der Waals surface area contributed by atoms with Crippen molar-refractivity contribution in [2.75, 3.05) is 0 Å². The molecular weight excluding hydrogens is 283 g/mol. The van der Waals surface area contributed by atoms with Gasteiger partial charge in [-0.2, -0.15) is 0 Å². The maximum absolute atomic E-state index is 14.4. The van der Waals surface area contributed by atoms with Crippen molar-refractivity contribution in [2.45, 2.75) is 89.1 Å². The van der Waals surface area contributed by atoms with E-state index in [2.05, 4.69) is 6.92 Å². The Morgan fingerprint density at radius 2 is 1.24 bits per heavy atom. The largest absolute Gasteiger partial charge is 0.247 e. The van der Waals surface area contributed by atoms with Crippen molar-refractivity contribution in [3.63, 3.8) is 0 Å². The Morgan fingerprint density at radius 3 is 1.81 bits per heavy atom. The van der Waals surface area contributed by atoms with Crippen molar-refractivity contribution < 1.29 is 4.39 Å². The Hall–Kier alpha value is 0.220. The third kappa shape index (κ3) is 3.95. The molecule has 2 heteroatoms. The standard InChI is InChI=1S/C19H32ClF/c1-13-2-11-18(19(21)12-13)16-5-3-14(4-6-16)15-7-9-17(20)10-8-15/h13-19H,2-12H2,1H3. The van der Waals surface area contributed by atoms with Gasteiger partial charge in [0.2, 0.25) is 0 Å². The molecule has 0 N–H and O–H groups in total. The first-order chi connectivity index (χ1) is 10.1. The van der Waals surface area contributed by atoms with Gasteiger partial charge in [0.25, 0.3) is 0 Å². The minimum Gasteiger partial charge on any atom is -0.247 e. The monoisotopic (exact) mass is 314 g/mol. The van der Waals surface area contributed by atoms with Crippen LogP contribution in [0.1, 0.15) is 77.6 Å². The summed E-state index contributed by atoms with van der Waals surface area (Å²) in [5.41, 5.74) is 0. The highest BCUT2D eigenvalue weighted by atomic mass is 35.5. The molecule has 0 saturated heterocycles. The van der Waals surface area contributed by atoms with E-state index in [0.29, 0.717) is 23.1 Å². The highest BCUT2D eigenvalue weighted by molar-refractivity contribution is 6.20. The van der Waals surface area contributed by atoms with Crippen molar-refractivity contribution in [1.29, 1.82) is 0 Å². The summed E-state index contributed by atoms with van der Waals surface area (Å²) in [5.74, 6) is 3.53. The van der Waals surface area contributed by atoms with E-state index >= 15 is 0 Å². The molecule has 3 aliphatic carbocycles. The van der Waals surface area contributed by atoms with Crippen molar-refractivity contribution >= 4 is 11.6 Å². The Morgan fingerprint density at radius 1 is 0.714 bits per heavy atom. The number of hydrogen-bond donors (Lipinski definition) is 0. The van der Waals surface area contributed by atoms with Gasteiger partial charge >= 0.3 is 0 Å². The van der Waals surface area contributed by atoms with Crippen LogP contribution in [0, 0.1) is 29.6 Å². The molecule has 3 unspecified atom stereocenters. The van der Waals surface area contributed by atoms with Crippen LogP contribution < -0.4 is 0 Å². The summed E-state index contributed by atoms with van der Waals surface area (Å²) in [7, 11) is 0. The van der Waals surface area contributed by atoms with Crippen LogP contribution in [0.5, 0.6) is 0 Å². The third-order valence-electron chi connectivity index (χ3n) is 6.87. The zero-order valence-corrected chi connectivity index (χ0v) is 14.3. The smallest absolute Gasteiger partial charge is 0.103 e. The van der Waals surface area contributed by atoms with Gasteiger partial charge in [-0.15, -0.1) is 11.6 Å². The first-order valence-electron chi connectivity index (χ1n) is 9.41. The van der Waals surface area contributed by atoms with Gasteiger partial charge in [-0.25, -0.2) is 4.39 Å². The Bertz CT molecular complexity index is 316. The molecule has 0 heterocycles. The van der Waals surface area contributed by atoms with Gasteiger partial charge in [-0.3, -0.25) is 0 Å². The zero-order chi connectivity index (χ0) is 14.8. The quantitative estimate of drug-likeness (QED) is 0.520. The molecule has 122 valence electrons. The molecule has 0 nitrogen and oxygen atoms in total. The van der Waals surface area contributed by atoms with Crippen LogP contribution >= 0.6 is 11.6 Å². The molecule has 0 amide bonds. The maximum atomic E-state index is 14.4. The lowest BCUT2D eigenvalue weighted by molar-refractivity contribution is 0.0525. The van der Waals surface area contributed by atoms with Crippen LogP contribution in [0.2, 0.25) is 0 Å². The van der Waals surface area contributed by atoms with E-state index in [1.165, 1.54) is 57.8 Å². The van der Waals surface area contributed by atoms with Gasteiger partial charge in [0.05, 0.1) is 0 Å². The molecule has 21 heavy (non-hydrogen) atoms. The lowest BCUT2D eigenvalue weighted by atomic mass is 9.65. The first kappa shape index (κ1) is 16.1. The lowest BCUT2D eigenvalue weighted by Crippen LogP contribution is -2.34. The summed E-state index contributed by atoms with van der Waals surface area (Å²) in [6.45, 7) is 2.22. The normalized spacial score (nSPS) is 49.0. The van der Waals surface area contributed by atoms with Crippen molar-refractivity contribution in [2.24, 2.45) is 29.6 Å². The van der Waals surface area contributed by atoms with Crippen molar-refractivity contribution in [1.82, 2.24) is 0 Å².